The molecule has 158 valence electrons. The van der Waals surface area contributed by atoms with E-state index in [1.807, 2.05) is 6.07 Å². The molecule has 0 saturated heterocycles. The van der Waals surface area contributed by atoms with Crippen LogP contribution in [-0.2, 0) is 0 Å². The molecule has 3 rings (SSSR count). The number of aromatic amines is 1. The number of aromatic nitrogens is 3. The van der Waals surface area contributed by atoms with Gasteiger partial charge in [0.15, 0.2) is 0 Å². The van der Waals surface area contributed by atoms with Gasteiger partial charge in [-0.2, -0.15) is 0 Å². The predicted octanol–water partition coefficient (Wildman–Crippen LogP) is 6.14. The Hall–Kier alpha value is -2.29. The highest BCUT2D eigenvalue weighted by atomic mass is 35.5. The second-order valence-corrected chi connectivity index (χ2v) is 8.62. The van der Waals surface area contributed by atoms with Gasteiger partial charge in [0.05, 0.1) is 25.6 Å². The summed E-state index contributed by atoms with van der Waals surface area (Å²) >= 11 is 13.2. The van der Waals surface area contributed by atoms with Gasteiger partial charge in [-0.05, 0) is 66.8 Å². The smallest absolute Gasteiger partial charge is 0.258 e. The van der Waals surface area contributed by atoms with Gasteiger partial charge < -0.3 is 0 Å². The SMILES string of the molecule is CCC(CC)c1ccc(Sc2n[nH]c(=O)n2-c2cc(Cl)c(Cl)cc2C)c([N+](=O)[O-])c1. The molecule has 0 aliphatic rings. The highest BCUT2D eigenvalue weighted by Crippen LogP contribution is 2.38. The van der Waals surface area contributed by atoms with Gasteiger partial charge in [-0.25, -0.2) is 14.5 Å². The third-order valence-electron chi connectivity index (χ3n) is 4.96. The summed E-state index contributed by atoms with van der Waals surface area (Å²) in [5.41, 5.74) is 1.65. The van der Waals surface area contributed by atoms with Crippen LogP contribution in [0.5, 0.6) is 0 Å². The number of nitrogens with zero attached hydrogens (tertiary/aromatic N) is 3. The maximum atomic E-state index is 12.4. The number of benzene rings is 2. The zero-order valence-electron chi connectivity index (χ0n) is 16.6. The van der Waals surface area contributed by atoms with Crippen molar-refractivity contribution >= 4 is 40.7 Å². The fourth-order valence-corrected chi connectivity index (χ4v) is 4.63. The van der Waals surface area contributed by atoms with Crippen LogP contribution in [0.1, 0.15) is 43.7 Å². The average Bonchev–Trinajstić information content (AvgIpc) is 3.06. The number of hydrogen-bond donors (Lipinski definition) is 1. The summed E-state index contributed by atoms with van der Waals surface area (Å²) in [4.78, 5) is 24.2. The Morgan fingerprint density at radius 1 is 1.20 bits per heavy atom. The third-order valence-corrected chi connectivity index (χ3v) is 6.70. The van der Waals surface area contributed by atoms with Gasteiger partial charge in [-0.15, -0.1) is 5.10 Å². The number of rotatable bonds is 7. The molecule has 0 radical (unpaired) electrons. The first-order valence-electron chi connectivity index (χ1n) is 9.36. The molecule has 30 heavy (non-hydrogen) atoms. The first kappa shape index (κ1) is 22.4. The van der Waals surface area contributed by atoms with E-state index in [1.165, 1.54) is 4.57 Å². The van der Waals surface area contributed by atoms with Crippen LogP contribution in [-0.4, -0.2) is 19.7 Å². The minimum Gasteiger partial charge on any atom is -0.258 e. The summed E-state index contributed by atoms with van der Waals surface area (Å²) < 4.78 is 1.33. The van der Waals surface area contributed by atoms with Gasteiger partial charge in [0.2, 0.25) is 5.16 Å². The number of aryl methyl sites for hydroxylation is 1. The standard InChI is InChI=1S/C20H20Cl2N4O3S/c1-4-12(5-2)13-6-7-18(17(9-13)26(28)29)30-20-24-23-19(27)25(20)16-10-15(22)14(21)8-11(16)3/h6-10,12H,4-5H2,1-3H3,(H,23,27). The summed E-state index contributed by atoms with van der Waals surface area (Å²) in [5.74, 6) is 0.255. The van der Waals surface area contributed by atoms with Crippen LogP contribution in [0.4, 0.5) is 5.69 Å². The quantitative estimate of drug-likeness (QED) is 0.333. The van der Waals surface area contributed by atoms with Crippen LogP contribution < -0.4 is 5.69 Å². The van der Waals surface area contributed by atoms with Crippen LogP contribution in [0.15, 0.2) is 45.2 Å². The van der Waals surface area contributed by atoms with Crippen molar-refractivity contribution in [2.24, 2.45) is 0 Å². The molecule has 0 fully saturated rings. The number of H-pyrrole nitrogens is 1. The van der Waals surface area contributed by atoms with E-state index in [-0.39, 0.29) is 16.8 Å². The van der Waals surface area contributed by atoms with E-state index in [4.69, 9.17) is 23.2 Å². The molecule has 0 atom stereocenters. The van der Waals surface area contributed by atoms with Crippen LogP contribution in [0.25, 0.3) is 5.69 Å². The minimum atomic E-state index is -0.477. The minimum absolute atomic E-state index is 0.0164. The van der Waals surface area contributed by atoms with Gasteiger partial charge in [0, 0.05) is 6.07 Å². The fraction of sp³-hybridized carbons (Fsp3) is 0.300. The molecule has 7 nitrogen and oxygen atoms in total. The molecular weight excluding hydrogens is 447 g/mol. The van der Waals surface area contributed by atoms with E-state index < -0.39 is 10.6 Å². The van der Waals surface area contributed by atoms with Crippen LogP contribution in [0.3, 0.4) is 0 Å². The third kappa shape index (κ3) is 4.40. The summed E-state index contributed by atoms with van der Waals surface area (Å²) in [5, 5.41) is 19.1. The second-order valence-electron chi connectivity index (χ2n) is 6.80. The van der Waals surface area contributed by atoms with E-state index in [1.54, 1.807) is 31.2 Å². The monoisotopic (exact) mass is 466 g/mol. The van der Waals surface area contributed by atoms with Crippen LogP contribution >= 0.6 is 35.0 Å². The Morgan fingerprint density at radius 3 is 2.50 bits per heavy atom. The zero-order chi connectivity index (χ0) is 22.0. The first-order valence-corrected chi connectivity index (χ1v) is 10.9. The van der Waals surface area contributed by atoms with Gasteiger partial charge in [0.25, 0.3) is 5.69 Å². The maximum Gasteiger partial charge on any atom is 0.348 e. The zero-order valence-corrected chi connectivity index (χ0v) is 18.9. The molecule has 0 saturated carbocycles. The molecule has 2 aromatic carbocycles. The van der Waals surface area contributed by atoms with Crippen molar-refractivity contribution in [3.05, 3.63) is 72.1 Å². The van der Waals surface area contributed by atoms with Crippen molar-refractivity contribution in [3.8, 4) is 5.69 Å². The lowest BCUT2D eigenvalue weighted by Gasteiger charge is -2.14. The van der Waals surface area contributed by atoms with Gasteiger partial charge in [-0.1, -0.05) is 43.1 Å². The van der Waals surface area contributed by atoms with E-state index >= 15 is 0 Å². The molecule has 0 aliphatic carbocycles. The molecule has 1 aromatic heterocycles. The van der Waals surface area contributed by atoms with E-state index in [9.17, 15) is 14.9 Å². The molecule has 0 bridgehead atoms. The Bertz CT molecular complexity index is 1160. The van der Waals surface area contributed by atoms with Crippen LogP contribution in [0.2, 0.25) is 10.0 Å². The number of nitrogens with one attached hydrogen (secondary N) is 1. The topological polar surface area (TPSA) is 93.8 Å². The van der Waals surface area contributed by atoms with Crippen molar-refractivity contribution in [2.75, 3.05) is 0 Å². The Morgan fingerprint density at radius 2 is 1.87 bits per heavy atom. The van der Waals surface area contributed by atoms with E-state index in [0.29, 0.717) is 26.2 Å². The summed E-state index contributed by atoms with van der Waals surface area (Å²) in [6.07, 6.45) is 1.80. The molecule has 10 heteroatoms. The van der Waals surface area contributed by atoms with Crippen LogP contribution in [0, 0.1) is 17.0 Å². The summed E-state index contributed by atoms with van der Waals surface area (Å²) in [6, 6.07) is 8.44. The number of nitro groups is 1. The highest BCUT2D eigenvalue weighted by Gasteiger charge is 2.22. The van der Waals surface area contributed by atoms with Gasteiger partial charge in [-0.3, -0.25) is 10.1 Å². The van der Waals surface area contributed by atoms with Gasteiger partial charge in [0.1, 0.15) is 0 Å². The Kier molecular flexibility index (Phi) is 6.90. The number of nitro benzene ring substituents is 1. The van der Waals surface area contributed by atoms with Crippen molar-refractivity contribution in [1.29, 1.82) is 0 Å². The lowest BCUT2D eigenvalue weighted by Crippen LogP contribution is -2.16. The van der Waals surface area contributed by atoms with Crippen molar-refractivity contribution in [3.63, 3.8) is 0 Å². The van der Waals surface area contributed by atoms with Gasteiger partial charge >= 0.3 is 5.69 Å². The number of halogens is 2. The molecule has 1 heterocycles. The van der Waals surface area contributed by atoms with Crippen molar-refractivity contribution in [2.45, 2.75) is 49.6 Å². The Balaban J connectivity index is 2.08. The van der Waals surface area contributed by atoms with Crippen molar-refractivity contribution < 1.29 is 4.92 Å². The molecular formula is C20H20Cl2N4O3S. The molecule has 3 aromatic rings. The molecule has 1 N–H and O–H groups in total. The molecule has 0 unspecified atom stereocenters. The molecule has 0 aliphatic heterocycles. The van der Waals surface area contributed by atoms with E-state index in [2.05, 4.69) is 24.0 Å². The normalized spacial score (nSPS) is 11.3. The predicted molar refractivity (Wildman–Crippen MR) is 119 cm³/mol. The average molecular weight is 467 g/mol. The highest BCUT2D eigenvalue weighted by molar-refractivity contribution is 7.99. The number of hydrogen-bond acceptors (Lipinski definition) is 5. The lowest BCUT2D eigenvalue weighted by atomic mass is 9.94. The second kappa shape index (κ2) is 9.24. The lowest BCUT2D eigenvalue weighted by molar-refractivity contribution is -0.387. The fourth-order valence-electron chi connectivity index (χ4n) is 3.32. The maximum absolute atomic E-state index is 12.4. The largest absolute Gasteiger partial charge is 0.348 e. The van der Waals surface area contributed by atoms with E-state index in [0.717, 1.165) is 30.2 Å². The summed E-state index contributed by atoms with van der Waals surface area (Å²) in [6.45, 7) is 5.91. The Labute approximate surface area is 187 Å². The summed E-state index contributed by atoms with van der Waals surface area (Å²) in [7, 11) is 0. The first-order chi connectivity index (χ1) is 14.3. The molecule has 0 amide bonds. The van der Waals surface area contributed by atoms with Crippen molar-refractivity contribution in [1.82, 2.24) is 14.8 Å². The molecule has 0 spiro atoms.